The van der Waals surface area contributed by atoms with Gasteiger partial charge in [0.05, 0.1) is 0 Å². The van der Waals surface area contributed by atoms with E-state index in [1.54, 1.807) is 11.8 Å². The van der Waals surface area contributed by atoms with Crippen molar-refractivity contribution in [3.8, 4) is 0 Å². The minimum absolute atomic E-state index is 0.583. The molecule has 0 radical (unpaired) electrons. The molecule has 1 heterocycles. The summed E-state index contributed by atoms with van der Waals surface area (Å²) in [6, 6.07) is 0.583. The number of nitrogens with one attached hydrogen (secondary N) is 2. The van der Waals surface area contributed by atoms with Gasteiger partial charge in [-0.3, -0.25) is 4.99 Å². The Kier molecular flexibility index (Phi) is 9.29. The second kappa shape index (κ2) is 11.5. The molecule has 1 aliphatic rings. The maximum absolute atomic E-state index is 4.77. The number of aromatic nitrogens is 3. The molecule has 0 aliphatic heterocycles. The number of hydrogen-bond donors (Lipinski definition) is 2. The molecule has 6 nitrogen and oxygen atoms in total. The van der Waals surface area contributed by atoms with Crippen LogP contribution in [0.3, 0.4) is 0 Å². The Morgan fingerprint density at radius 3 is 2.69 bits per heavy atom. The van der Waals surface area contributed by atoms with E-state index < -0.39 is 0 Å². The normalized spacial score (nSPS) is 16.3. The highest BCUT2D eigenvalue weighted by molar-refractivity contribution is 7.98. The number of aryl methyl sites for hydroxylation is 1. The van der Waals surface area contributed by atoms with Gasteiger partial charge in [-0.1, -0.05) is 44.9 Å². The second-order valence-corrected chi connectivity index (χ2v) is 8.22. The first kappa shape index (κ1) is 21.1. The van der Waals surface area contributed by atoms with E-state index in [0.717, 1.165) is 49.4 Å². The second-order valence-electron chi connectivity index (χ2n) is 7.45. The lowest BCUT2D eigenvalue weighted by atomic mass is 9.96. The summed E-state index contributed by atoms with van der Waals surface area (Å²) >= 11 is 1.67. The van der Waals surface area contributed by atoms with Crippen LogP contribution in [0.4, 0.5) is 0 Å². The van der Waals surface area contributed by atoms with E-state index in [9.17, 15) is 0 Å². The summed E-state index contributed by atoms with van der Waals surface area (Å²) in [7, 11) is 0. The number of rotatable bonds is 9. The highest BCUT2D eigenvalue weighted by Gasteiger charge is 2.15. The topological polar surface area (TPSA) is 67.1 Å². The third kappa shape index (κ3) is 6.82. The van der Waals surface area contributed by atoms with Crippen molar-refractivity contribution in [2.75, 3.05) is 19.3 Å². The molecule has 148 valence electrons. The first-order chi connectivity index (χ1) is 12.6. The molecule has 0 unspecified atom stereocenters. The van der Waals surface area contributed by atoms with Crippen LogP contribution in [0.1, 0.15) is 65.1 Å². The number of aliphatic imine (C=N–C) groups is 1. The van der Waals surface area contributed by atoms with E-state index in [4.69, 9.17) is 4.99 Å². The summed E-state index contributed by atoms with van der Waals surface area (Å²) in [6.07, 6.45) is 10.6. The molecule has 1 saturated carbocycles. The lowest BCUT2D eigenvalue weighted by Gasteiger charge is -2.24. The van der Waals surface area contributed by atoms with Crippen molar-refractivity contribution in [1.82, 2.24) is 25.4 Å². The number of thioether (sulfide) groups is 1. The van der Waals surface area contributed by atoms with E-state index >= 15 is 0 Å². The molecule has 26 heavy (non-hydrogen) atoms. The Bertz CT molecular complexity index is 548. The first-order valence-electron chi connectivity index (χ1n) is 10.1. The zero-order valence-corrected chi connectivity index (χ0v) is 17.7. The number of hydrogen-bond acceptors (Lipinski definition) is 4. The predicted octanol–water partition coefficient (Wildman–Crippen LogP) is 3.48. The molecule has 1 fully saturated rings. The van der Waals surface area contributed by atoms with Crippen molar-refractivity contribution in [3.63, 3.8) is 0 Å². The fourth-order valence-corrected chi connectivity index (χ4v) is 3.91. The van der Waals surface area contributed by atoms with E-state index in [2.05, 4.69) is 52.4 Å². The van der Waals surface area contributed by atoms with Gasteiger partial charge in [0.15, 0.2) is 11.1 Å². The van der Waals surface area contributed by atoms with Crippen LogP contribution in [0.5, 0.6) is 0 Å². The highest BCUT2D eigenvalue weighted by atomic mass is 32.2. The van der Waals surface area contributed by atoms with Crippen LogP contribution >= 0.6 is 11.8 Å². The van der Waals surface area contributed by atoms with Crippen molar-refractivity contribution >= 4 is 17.7 Å². The molecule has 2 rings (SSSR count). The summed E-state index contributed by atoms with van der Waals surface area (Å²) in [5.41, 5.74) is 0. The minimum Gasteiger partial charge on any atom is -0.357 e. The van der Waals surface area contributed by atoms with Gasteiger partial charge in [0.2, 0.25) is 0 Å². The fourth-order valence-electron chi connectivity index (χ4n) is 3.39. The van der Waals surface area contributed by atoms with Crippen LogP contribution in [0, 0.1) is 5.92 Å². The molecule has 0 bridgehead atoms. The van der Waals surface area contributed by atoms with Gasteiger partial charge < -0.3 is 15.2 Å². The maximum Gasteiger partial charge on any atom is 0.191 e. The molecule has 0 saturated heterocycles. The van der Waals surface area contributed by atoms with E-state index in [-0.39, 0.29) is 0 Å². The van der Waals surface area contributed by atoms with Gasteiger partial charge in [0.1, 0.15) is 5.82 Å². The lowest BCUT2D eigenvalue weighted by Crippen LogP contribution is -2.44. The van der Waals surface area contributed by atoms with Gasteiger partial charge in [-0.25, -0.2) is 0 Å². The van der Waals surface area contributed by atoms with Crippen LogP contribution in [0.2, 0.25) is 0 Å². The number of nitrogens with zero attached hydrogens (tertiary/aromatic N) is 4. The SMILES string of the molecule is CCNC(=NCCCc1nnc(SC)n1CC(C)C)NC1CCCCC1. The highest BCUT2D eigenvalue weighted by Crippen LogP contribution is 2.18. The van der Waals surface area contributed by atoms with Crippen molar-refractivity contribution in [2.45, 2.75) is 83.5 Å². The summed E-state index contributed by atoms with van der Waals surface area (Å²) in [6.45, 7) is 9.28. The van der Waals surface area contributed by atoms with Crippen molar-refractivity contribution in [2.24, 2.45) is 10.9 Å². The third-order valence-electron chi connectivity index (χ3n) is 4.64. The smallest absolute Gasteiger partial charge is 0.191 e. The van der Waals surface area contributed by atoms with Crippen LogP contribution in [0.15, 0.2) is 10.1 Å². The minimum atomic E-state index is 0.583. The average molecular weight is 381 g/mol. The molecule has 0 aromatic carbocycles. The molecule has 0 atom stereocenters. The van der Waals surface area contributed by atoms with E-state index in [0.29, 0.717) is 12.0 Å². The molecule has 7 heteroatoms. The molecule has 1 aromatic rings. The standard InChI is InChI=1S/C19H36N6S/c1-5-20-18(22-16-10-7-6-8-11-16)21-13-9-12-17-23-24-19(26-4)25(17)14-15(2)3/h15-16H,5-14H2,1-4H3,(H2,20,21,22). The largest absolute Gasteiger partial charge is 0.357 e. The Labute approximate surface area is 163 Å². The quantitative estimate of drug-likeness (QED) is 0.297. The van der Waals surface area contributed by atoms with Crippen LogP contribution < -0.4 is 10.6 Å². The number of guanidine groups is 1. The van der Waals surface area contributed by atoms with Gasteiger partial charge in [0, 0.05) is 32.1 Å². The van der Waals surface area contributed by atoms with E-state index in [1.165, 1.54) is 32.1 Å². The van der Waals surface area contributed by atoms with Gasteiger partial charge in [-0.05, 0) is 38.4 Å². The Morgan fingerprint density at radius 2 is 2.04 bits per heavy atom. The molecule has 1 aliphatic carbocycles. The Morgan fingerprint density at radius 1 is 1.27 bits per heavy atom. The van der Waals surface area contributed by atoms with Crippen LogP contribution in [-0.4, -0.2) is 46.1 Å². The molecular formula is C19H36N6S. The van der Waals surface area contributed by atoms with Gasteiger partial charge in [-0.2, -0.15) is 0 Å². The summed E-state index contributed by atoms with van der Waals surface area (Å²) < 4.78 is 2.27. The Hall–Kier alpha value is -1.24. The molecule has 2 N–H and O–H groups in total. The zero-order chi connectivity index (χ0) is 18.8. The molecule has 0 amide bonds. The molecule has 0 spiro atoms. The summed E-state index contributed by atoms with van der Waals surface area (Å²) in [4.78, 5) is 4.77. The maximum atomic E-state index is 4.77. The van der Waals surface area contributed by atoms with Crippen LogP contribution in [-0.2, 0) is 13.0 Å². The van der Waals surface area contributed by atoms with Crippen molar-refractivity contribution < 1.29 is 0 Å². The predicted molar refractivity (Wildman–Crippen MR) is 111 cm³/mol. The first-order valence-corrected chi connectivity index (χ1v) is 11.4. The summed E-state index contributed by atoms with van der Waals surface area (Å²) in [5, 5.41) is 16.7. The zero-order valence-electron chi connectivity index (χ0n) is 16.9. The van der Waals surface area contributed by atoms with Gasteiger partial charge in [0.25, 0.3) is 0 Å². The van der Waals surface area contributed by atoms with E-state index in [1.807, 2.05) is 0 Å². The average Bonchev–Trinajstić information content (AvgIpc) is 3.00. The van der Waals surface area contributed by atoms with Gasteiger partial charge in [-0.15, -0.1) is 10.2 Å². The Balaban J connectivity index is 1.86. The fraction of sp³-hybridized carbons (Fsp3) is 0.842. The van der Waals surface area contributed by atoms with Gasteiger partial charge >= 0.3 is 0 Å². The monoisotopic (exact) mass is 380 g/mol. The van der Waals surface area contributed by atoms with Crippen LogP contribution in [0.25, 0.3) is 0 Å². The summed E-state index contributed by atoms with van der Waals surface area (Å²) in [5.74, 6) is 2.64. The van der Waals surface area contributed by atoms with Crippen molar-refractivity contribution in [1.29, 1.82) is 0 Å². The molecular weight excluding hydrogens is 344 g/mol. The third-order valence-corrected chi connectivity index (χ3v) is 5.31. The lowest BCUT2D eigenvalue weighted by molar-refractivity contribution is 0.410. The van der Waals surface area contributed by atoms with Crippen molar-refractivity contribution in [3.05, 3.63) is 5.82 Å². The molecule has 1 aromatic heterocycles.